The molecule has 1 amide bonds. The zero-order valence-corrected chi connectivity index (χ0v) is 20.2. The fourth-order valence-electron chi connectivity index (χ4n) is 3.53. The minimum atomic E-state index is -3.69. The quantitative estimate of drug-likeness (QED) is 0.588. The van der Waals surface area contributed by atoms with E-state index in [1.165, 1.54) is 22.5 Å². The number of piperazine rings is 1. The van der Waals surface area contributed by atoms with Crippen molar-refractivity contribution in [3.8, 4) is 5.75 Å². The monoisotopic (exact) mass is 479 g/mol. The first-order valence-corrected chi connectivity index (χ1v) is 12.5. The van der Waals surface area contributed by atoms with Crippen molar-refractivity contribution in [2.75, 3.05) is 46.4 Å². The van der Waals surface area contributed by atoms with Crippen molar-refractivity contribution >= 4 is 27.5 Å². The SMILES string of the molecule is CC(C)c1ccccc1OCCNC(=O)c1cc(S(=O)(=O)N2CCN(C)CC2)ccc1Cl. The molecule has 1 fully saturated rings. The van der Waals surface area contributed by atoms with E-state index < -0.39 is 15.9 Å². The van der Waals surface area contributed by atoms with Crippen LogP contribution in [0.5, 0.6) is 5.75 Å². The molecular weight excluding hydrogens is 450 g/mol. The Bertz CT molecular complexity index is 1050. The first-order valence-electron chi connectivity index (χ1n) is 10.7. The van der Waals surface area contributed by atoms with E-state index in [9.17, 15) is 13.2 Å². The molecule has 0 radical (unpaired) electrons. The summed E-state index contributed by atoms with van der Waals surface area (Å²) in [6.07, 6.45) is 0. The fraction of sp³-hybridized carbons (Fsp3) is 0.435. The second kappa shape index (κ2) is 10.7. The van der Waals surface area contributed by atoms with Gasteiger partial charge >= 0.3 is 0 Å². The number of nitrogens with one attached hydrogen (secondary N) is 1. The Morgan fingerprint density at radius 3 is 2.50 bits per heavy atom. The molecule has 1 heterocycles. The Hall–Kier alpha value is -2.13. The highest BCUT2D eigenvalue weighted by Gasteiger charge is 2.28. The largest absolute Gasteiger partial charge is 0.491 e. The van der Waals surface area contributed by atoms with Gasteiger partial charge in [0, 0.05) is 26.2 Å². The number of benzene rings is 2. The summed E-state index contributed by atoms with van der Waals surface area (Å²) in [7, 11) is -1.73. The predicted octanol–water partition coefficient (Wildman–Crippen LogP) is 3.21. The molecule has 7 nitrogen and oxygen atoms in total. The Kier molecular flexibility index (Phi) is 8.16. The minimum Gasteiger partial charge on any atom is -0.491 e. The molecule has 3 rings (SSSR count). The third-order valence-corrected chi connectivity index (χ3v) is 7.69. The fourth-order valence-corrected chi connectivity index (χ4v) is 5.18. The number of ether oxygens (including phenoxy) is 1. The number of rotatable bonds is 8. The van der Waals surface area contributed by atoms with Crippen LogP contribution in [0.2, 0.25) is 5.02 Å². The van der Waals surface area contributed by atoms with Gasteiger partial charge in [0.1, 0.15) is 12.4 Å². The maximum absolute atomic E-state index is 13.0. The lowest BCUT2D eigenvalue weighted by Crippen LogP contribution is -2.47. The molecule has 32 heavy (non-hydrogen) atoms. The van der Waals surface area contributed by atoms with Gasteiger partial charge in [-0.25, -0.2) is 8.42 Å². The number of sulfonamides is 1. The third-order valence-electron chi connectivity index (χ3n) is 5.47. The molecule has 1 aliphatic heterocycles. The Morgan fingerprint density at radius 2 is 1.81 bits per heavy atom. The van der Waals surface area contributed by atoms with E-state index in [1.807, 2.05) is 31.3 Å². The van der Waals surface area contributed by atoms with Gasteiger partial charge in [0.25, 0.3) is 5.91 Å². The number of nitrogens with zero attached hydrogens (tertiary/aromatic N) is 2. The van der Waals surface area contributed by atoms with E-state index in [-0.39, 0.29) is 28.6 Å². The van der Waals surface area contributed by atoms with Crippen molar-refractivity contribution in [2.45, 2.75) is 24.7 Å². The number of hydrogen-bond donors (Lipinski definition) is 1. The molecule has 2 aromatic rings. The highest BCUT2D eigenvalue weighted by atomic mass is 35.5. The number of likely N-dealkylation sites (N-methyl/N-ethyl adjacent to an activating group) is 1. The Balaban J connectivity index is 1.63. The molecule has 0 aromatic heterocycles. The predicted molar refractivity (Wildman–Crippen MR) is 126 cm³/mol. The van der Waals surface area contributed by atoms with Crippen LogP contribution >= 0.6 is 11.6 Å². The smallest absolute Gasteiger partial charge is 0.252 e. The molecule has 174 valence electrons. The van der Waals surface area contributed by atoms with E-state index in [4.69, 9.17) is 16.3 Å². The lowest BCUT2D eigenvalue weighted by Gasteiger charge is -2.31. The average molecular weight is 480 g/mol. The molecule has 1 saturated heterocycles. The molecule has 0 saturated carbocycles. The first-order chi connectivity index (χ1) is 15.2. The topological polar surface area (TPSA) is 78.9 Å². The number of carbonyl (C=O) groups is 1. The number of para-hydroxylation sites is 1. The maximum atomic E-state index is 13.0. The molecule has 0 atom stereocenters. The van der Waals surface area contributed by atoms with Gasteiger partial charge in [0.15, 0.2) is 0 Å². The van der Waals surface area contributed by atoms with E-state index in [0.717, 1.165) is 11.3 Å². The zero-order chi connectivity index (χ0) is 23.3. The summed E-state index contributed by atoms with van der Waals surface area (Å²) in [5.74, 6) is 0.672. The minimum absolute atomic E-state index is 0.0683. The molecule has 0 bridgehead atoms. The van der Waals surface area contributed by atoms with Gasteiger partial charge in [-0.15, -0.1) is 0 Å². The Labute approximate surface area is 195 Å². The summed E-state index contributed by atoms with van der Waals surface area (Å²) in [5, 5.41) is 2.96. The zero-order valence-electron chi connectivity index (χ0n) is 18.7. The van der Waals surface area contributed by atoms with Crippen LogP contribution < -0.4 is 10.1 Å². The highest BCUT2D eigenvalue weighted by Crippen LogP contribution is 2.26. The Morgan fingerprint density at radius 1 is 1.12 bits per heavy atom. The summed E-state index contributed by atoms with van der Waals surface area (Å²) in [6.45, 7) is 6.89. The number of halogens is 1. The van der Waals surface area contributed by atoms with Gasteiger partial charge in [-0.2, -0.15) is 4.31 Å². The summed E-state index contributed by atoms with van der Waals surface area (Å²) >= 11 is 6.20. The standard InChI is InChI=1S/C23H30ClN3O4S/c1-17(2)19-6-4-5-7-22(19)31-15-10-25-23(28)20-16-18(8-9-21(20)24)32(29,30)27-13-11-26(3)12-14-27/h4-9,16-17H,10-15H2,1-3H3,(H,25,28). The van der Waals surface area contributed by atoms with Crippen LogP contribution in [-0.4, -0.2) is 69.9 Å². The first kappa shape index (κ1) is 24.5. The van der Waals surface area contributed by atoms with E-state index in [0.29, 0.717) is 32.1 Å². The number of hydrogen-bond acceptors (Lipinski definition) is 5. The van der Waals surface area contributed by atoms with Crippen LogP contribution in [0.1, 0.15) is 35.7 Å². The second-order valence-electron chi connectivity index (χ2n) is 8.15. The highest BCUT2D eigenvalue weighted by molar-refractivity contribution is 7.89. The van der Waals surface area contributed by atoms with Crippen LogP contribution in [0.4, 0.5) is 0 Å². The van der Waals surface area contributed by atoms with Gasteiger partial charge in [0.05, 0.1) is 22.0 Å². The van der Waals surface area contributed by atoms with Gasteiger partial charge < -0.3 is 15.0 Å². The lowest BCUT2D eigenvalue weighted by molar-refractivity contribution is 0.0947. The van der Waals surface area contributed by atoms with Gasteiger partial charge in [0.2, 0.25) is 10.0 Å². The summed E-state index contributed by atoms with van der Waals surface area (Å²) in [4.78, 5) is 14.8. The van der Waals surface area contributed by atoms with Crippen LogP contribution in [0.25, 0.3) is 0 Å². The number of carbonyl (C=O) groups excluding carboxylic acids is 1. The maximum Gasteiger partial charge on any atom is 0.252 e. The van der Waals surface area contributed by atoms with E-state index >= 15 is 0 Å². The second-order valence-corrected chi connectivity index (χ2v) is 10.5. The van der Waals surface area contributed by atoms with Crippen LogP contribution in [0.3, 0.4) is 0 Å². The number of amides is 1. The molecule has 9 heteroatoms. The van der Waals surface area contributed by atoms with Crippen molar-refractivity contribution in [2.24, 2.45) is 0 Å². The van der Waals surface area contributed by atoms with Gasteiger partial charge in [-0.1, -0.05) is 43.6 Å². The van der Waals surface area contributed by atoms with E-state index in [2.05, 4.69) is 24.1 Å². The summed E-state index contributed by atoms with van der Waals surface area (Å²) < 4.78 is 33.3. The molecule has 0 aliphatic carbocycles. The average Bonchev–Trinajstić information content (AvgIpc) is 2.77. The van der Waals surface area contributed by atoms with Crippen molar-refractivity contribution in [1.82, 2.24) is 14.5 Å². The molecular formula is C23H30ClN3O4S. The van der Waals surface area contributed by atoms with Crippen LogP contribution in [-0.2, 0) is 10.0 Å². The molecule has 1 N–H and O–H groups in total. The summed E-state index contributed by atoms with van der Waals surface area (Å²) in [6, 6.07) is 12.0. The van der Waals surface area contributed by atoms with Gasteiger partial charge in [-0.3, -0.25) is 4.79 Å². The van der Waals surface area contributed by atoms with Crippen molar-refractivity contribution in [3.63, 3.8) is 0 Å². The van der Waals surface area contributed by atoms with Crippen LogP contribution in [0, 0.1) is 0 Å². The third kappa shape index (κ3) is 5.81. The van der Waals surface area contributed by atoms with Crippen molar-refractivity contribution < 1.29 is 17.9 Å². The van der Waals surface area contributed by atoms with Gasteiger partial charge in [-0.05, 0) is 42.8 Å². The summed E-state index contributed by atoms with van der Waals surface area (Å²) in [5.41, 5.74) is 1.23. The molecule has 0 spiro atoms. The van der Waals surface area contributed by atoms with E-state index in [1.54, 1.807) is 0 Å². The lowest BCUT2D eigenvalue weighted by atomic mass is 10.0. The molecule has 2 aromatic carbocycles. The van der Waals surface area contributed by atoms with Crippen LogP contribution in [0.15, 0.2) is 47.4 Å². The van der Waals surface area contributed by atoms with Crippen molar-refractivity contribution in [1.29, 1.82) is 0 Å². The molecule has 0 unspecified atom stereocenters. The normalized spacial score (nSPS) is 15.7. The molecule has 1 aliphatic rings. The van der Waals surface area contributed by atoms with Crippen molar-refractivity contribution in [3.05, 3.63) is 58.6 Å².